The van der Waals surface area contributed by atoms with Gasteiger partial charge in [0.15, 0.2) is 0 Å². The highest BCUT2D eigenvalue weighted by molar-refractivity contribution is 5.91. The van der Waals surface area contributed by atoms with Gasteiger partial charge in [0.1, 0.15) is 6.10 Å². The SMILES string of the molecule is NCCc1cccc(CNC(=O)CCN2CCC(OC(=O)Nc3ccccc3-c3ccccc3)CC2)c1. The van der Waals surface area contributed by atoms with Crippen LogP contribution < -0.4 is 16.4 Å². The fraction of sp³-hybridized carbons (Fsp3) is 0.333. The van der Waals surface area contributed by atoms with Gasteiger partial charge in [-0.2, -0.15) is 0 Å². The summed E-state index contributed by atoms with van der Waals surface area (Å²) < 4.78 is 5.71. The number of rotatable bonds is 10. The molecule has 0 saturated carbocycles. The van der Waals surface area contributed by atoms with Crippen LogP contribution in [-0.2, 0) is 22.5 Å². The van der Waals surface area contributed by atoms with Gasteiger partial charge in [-0.1, -0.05) is 72.8 Å². The molecular formula is C30H36N4O3. The monoisotopic (exact) mass is 500 g/mol. The van der Waals surface area contributed by atoms with Crippen molar-refractivity contribution in [3.8, 4) is 11.1 Å². The number of carbonyl (C=O) groups excluding carboxylic acids is 2. The predicted octanol–water partition coefficient (Wildman–Crippen LogP) is 4.57. The standard InChI is InChI=1S/C30H36N4O3/c31-17-13-23-7-6-8-24(21-23)22-32-29(35)16-20-34-18-14-26(15-19-34)37-30(36)33-28-12-5-4-11-27(28)25-9-2-1-3-10-25/h1-12,21,26H,13-20,22,31H2,(H,32,35)(H,33,36). The molecular weight excluding hydrogens is 464 g/mol. The first-order chi connectivity index (χ1) is 18.1. The molecule has 1 heterocycles. The quantitative estimate of drug-likeness (QED) is 0.379. The molecule has 7 heteroatoms. The van der Waals surface area contributed by atoms with Crippen molar-refractivity contribution in [1.82, 2.24) is 10.2 Å². The van der Waals surface area contributed by atoms with E-state index in [1.165, 1.54) is 5.56 Å². The summed E-state index contributed by atoms with van der Waals surface area (Å²) in [5.41, 5.74) is 10.6. The summed E-state index contributed by atoms with van der Waals surface area (Å²) >= 11 is 0. The smallest absolute Gasteiger partial charge is 0.411 e. The molecule has 7 nitrogen and oxygen atoms in total. The average molecular weight is 501 g/mol. The van der Waals surface area contributed by atoms with E-state index in [-0.39, 0.29) is 12.0 Å². The van der Waals surface area contributed by atoms with Crippen molar-refractivity contribution >= 4 is 17.7 Å². The van der Waals surface area contributed by atoms with Gasteiger partial charge in [0.25, 0.3) is 0 Å². The van der Waals surface area contributed by atoms with Gasteiger partial charge >= 0.3 is 6.09 Å². The fourth-order valence-corrected chi connectivity index (χ4v) is 4.61. The van der Waals surface area contributed by atoms with Crippen LogP contribution >= 0.6 is 0 Å². The number of ether oxygens (including phenoxy) is 1. The van der Waals surface area contributed by atoms with Crippen LogP contribution in [0.1, 0.15) is 30.4 Å². The molecule has 1 fully saturated rings. The van der Waals surface area contributed by atoms with Crippen LogP contribution in [0.5, 0.6) is 0 Å². The molecule has 0 aliphatic carbocycles. The van der Waals surface area contributed by atoms with Gasteiger partial charge in [-0.05, 0) is 48.6 Å². The van der Waals surface area contributed by atoms with Crippen LogP contribution in [-0.4, -0.2) is 49.2 Å². The molecule has 37 heavy (non-hydrogen) atoms. The lowest BCUT2D eigenvalue weighted by molar-refractivity contribution is -0.121. The topological polar surface area (TPSA) is 96.7 Å². The van der Waals surface area contributed by atoms with E-state index < -0.39 is 6.09 Å². The van der Waals surface area contributed by atoms with Gasteiger partial charge in [0, 0.05) is 38.2 Å². The normalized spacial score (nSPS) is 14.2. The Hall–Kier alpha value is -3.68. The third kappa shape index (κ3) is 8.17. The van der Waals surface area contributed by atoms with Crippen molar-refractivity contribution in [1.29, 1.82) is 0 Å². The third-order valence-corrected chi connectivity index (χ3v) is 6.63. The maximum atomic E-state index is 12.6. The minimum absolute atomic E-state index is 0.0408. The van der Waals surface area contributed by atoms with E-state index in [0.29, 0.717) is 26.1 Å². The zero-order valence-electron chi connectivity index (χ0n) is 21.2. The lowest BCUT2D eigenvalue weighted by atomic mass is 10.0. The van der Waals surface area contributed by atoms with Gasteiger partial charge in [-0.15, -0.1) is 0 Å². The first kappa shape index (κ1) is 26.4. The fourth-order valence-electron chi connectivity index (χ4n) is 4.61. The number of likely N-dealkylation sites (tertiary alicyclic amines) is 1. The zero-order chi connectivity index (χ0) is 25.9. The second-order valence-electron chi connectivity index (χ2n) is 9.37. The van der Waals surface area contributed by atoms with E-state index in [9.17, 15) is 9.59 Å². The minimum atomic E-state index is -0.434. The summed E-state index contributed by atoms with van der Waals surface area (Å²) in [7, 11) is 0. The second kappa shape index (κ2) is 13.6. The molecule has 0 spiro atoms. The van der Waals surface area contributed by atoms with Gasteiger partial charge in [-0.25, -0.2) is 4.79 Å². The number of piperidine rings is 1. The number of hydrogen-bond acceptors (Lipinski definition) is 5. The maximum absolute atomic E-state index is 12.6. The third-order valence-electron chi connectivity index (χ3n) is 6.63. The molecule has 0 radical (unpaired) electrons. The molecule has 0 aromatic heterocycles. The van der Waals surface area contributed by atoms with Gasteiger partial charge in [0.05, 0.1) is 5.69 Å². The van der Waals surface area contributed by atoms with Crippen molar-refractivity contribution in [2.75, 3.05) is 31.5 Å². The minimum Gasteiger partial charge on any atom is -0.446 e. The number of hydrogen-bond donors (Lipinski definition) is 3. The van der Waals surface area contributed by atoms with E-state index in [1.54, 1.807) is 0 Å². The number of carbonyl (C=O) groups is 2. The molecule has 1 aliphatic rings. The van der Waals surface area contributed by atoms with Gasteiger partial charge in [-0.3, -0.25) is 10.1 Å². The summed E-state index contributed by atoms with van der Waals surface area (Å²) in [6.07, 6.45) is 2.23. The average Bonchev–Trinajstić information content (AvgIpc) is 2.93. The Morgan fingerprint density at radius 2 is 1.65 bits per heavy atom. The highest BCUT2D eigenvalue weighted by Gasteiger charge is 2.23. The summed E-state index contributed by atoms with van der Waals surface area (Å²) in [5, 5.41) is 5.92. The summed E-state index contributed by atoms with van der Waals surface area (Å²) in [4.78, 5) is 27.2. The molecule has 1 saturated heterocycles. The summed E-state index contributed by atoms with van der Waals surface area (Å²) in [5.74, 6) is 0.0408. The van der Waals surface area contributed by atoms with Crippen LogP contribution in [0, 0.1) is 0 Å². The first-order valence-electron chi connectivity index (χ1n) is 13.0. The van der Waals surface area contributed by atoms with Crippen LogP contribution in [0.4, 0.5) is 10.5 Å². The molecule has 4 N–H and O–H groups in total. The van der Waals surface area contributed by atoms with E-state index >= 15 is 0 Å². The Morgan fingerprint density at radius 1 is 0.919 bits per heavy atom. The number of benzene rings is 3. The molecule has 0 bridgehead atoms. The summed E-state index contributed by atoms with van der Waals surface area (Å²) in [6, 6.07) is 25.8. The van der Waals surface area contributed by atoms with Gasteiger partial charge < -0.3 is 20.7 Å². The lowest BCUT2D eigenvalue weighted by Crippen LogP contribution is -2.40. The lowest BCUT2D eigenvalue weighted by Gasteiger charge is -2.31. The maximum Gasteiger partial charge on any atom is 0.411 e. The van der Waals surface area contributed by atoms with Crippen LogP contribution in [0.3, 0.4) is 0 Å². The van der Waals surface area contributed by atoms with E-state index in [0.717, 1.165) is 54.7 Å². The predicted molar refractivity (Wildman–Crippen MR) is 147 cm³/mol. The molecule has 0 atom stereocenters. The van der Waals surface area contributed by atoms with Crippen LogP contribution in [0.25, 0.3) is 11.1 Å². The molecule has 0 unspecified atom stereocenters. The van der Waals surface area contributed by atoms with E-state index in [4.69, 9.17) is 10.5 Å². The zero-order valence-corrected chi connectivity index (χ0v) is 21.2. The van der Waals surface area contributed by atoms with Gasteiger partial charge in [0.2, 0.25) is 5.91 Å². The van der Waals surface area contributed by atoms with Crippen molar-refractivity contribution in [3.05, 3.63) is 90.0 Å². The summed E-state index contributed by atoms with van der Waals surface area (Å²) in [6.45, 7) is 3.43. The number of amides is 2. The molecule has 4 rings (SSSR count). The van der Waals surface area contributed by atoms with Crippen LogP contribution in [0.15, 0.2) is 78.9 Å². The highest BCUT2D eigenvalue weighted by Crippen LogP contribution is 2.28. The van der Waals surface area contributed by atoms with Crippen molar-refractivity contribution < 1.29 is 14.3 Å². The largest absolute Gasteiger partial charge is 0.446 e. The molecule has 1 aliphatic heterocycles. The van der Waals surface area contributed by atoms with Crippen molar-refractivity contribution in [2.45, 2.75) is 38.3 Å². The Morgan fingerprint density at radius 3 is 2.43 bits per heavy atom. The van der Waals surface area contributed by atoms with Crippen molar-refractivity contribution in [2.24, 2.45) is 5.73 Å². The first-order valence-corrected chi connectivity index (χ1v) is 13.0. The Balaban J connectivity index is 1.16. The van der Waals surface area contributed by atoms with Crippen molar-refractivity contribution in [3.63, 3.8) is 0 Å². The Bertz CT molecular complexity index is 1160. The number of nitrogens with zero attached hydrogens (tertiary/aromatic N) is 1. The molecule has 2 amide bonds. The number of anilines is 1. The Labute approximate surface area is 219 Å². The molecule has 3 aromatic carbocycles. The molecule has 3 aromatic rings. The highest BCUT2D eigenvalue weighted by atomic mass is 16.6. The second-order valence-corrected chi connectivity index (χ2v) is 9.37. The number of para-hydroxylation sites is 1. The molecule has 194 valence electrons. The Kier molecular flexibility index (Phi) is 9.68. The number of nitrogens with two attached hydrogens (primary N) is 1. The number of nitrogens with one attached hydrogen (secondary N) is 2. The van der Waals surface area contributed by atoms with Crippen LogP contribution in [0.2, 0.25) is 0 Å². The van der Waals surface area contributed by atoms with E-state index in [2.05, 4.69) is 27.7 Å². The van der Waals surface area contributed by atoms with E-state index in [1.807, 2.05) is 66.7 Å².